The first-order chi connectivity index (χ1) is 14.9. The van der Waals surface area contributed by atoms with Gasteiger partial charge in [-0.15, -0.1) is 0 Å². The molecule has 3 aliphatic rings. The fourth-order valence-corrected chi connectivity index (χ4v) is 5.97. The summed E-state index contributed by atoms with van der Waals surface area (Å²) in [6.07, 6.45) is 1.78. The molecule has 3 saturated heterocycles. The Hall–Kier alpha value is -2.74. The zero-order valence-electron chi connectivity index (χ0n) is 18.2. The summed E-state index contributed by atoms with van der Waals surface area (Å²) in [4.78, 5) is 30.7. The Bertz CT molecular complexity index is 912. The molecule has 0 saturated carbocycles. The Morgan fingerprint density at radius 1 is 1.03 bits per heavy atom. The molecular formula is C24H29N5O2. The van der Waals surface area contributed by atoms with Gasteiger partial charge in [-0.05, 0) is 44.8 Å². The highest BCUT2D eigenvalue weighted by Crippen LogP contribution is 2.63. The van der Waals surface area contributed by atoms with Gasteiger partial charge in [0.15, 0.2) is 10.8 Å². The maximum atomic E-state index is 13.2. The van der Waals surface area contributed by atoms with E-state index in [2.05, 4.69) is 34.5 Å². The SMILES string of the molecule is CCC(C)N1CC2(C#N)C(=O)NC(=O)C(C#N)(C1)C21CCN(Cc2ccccc2)CC1. The third-order valence-electron chi connectivity index (χ3n) is 8.07. The highest BCUT2D eigenvalue weighted by molar-refractivity contribution is 6.08. The van der Waals surface area contributed by atoms with Crippen LogP contribution < -0.4 is 5.32 Å². The summed E-state index contributed by atoms with van der Waals surface area (Å²) in [6.45, 7) is 6.65. The number of carbonyl (C=O) groups excluding carboxylic acids is 2. The van der Waals surface area contributed by atoms with Gasteiger partial charge in [0.2, 0.25) is 11.8 Å². The third-order valence-corrected chi connectivity index (χ3v) is 8.07. The molecule has 0 radical (unpaired) electrons. The zero-order valence-corrected chi connectivity index (χ0v) is 18.2. The Balaban J connectivity index is 1.72. The van der Waals surface area contributed by atoms with E-state index in [0.29, 0.717) is 25.9 Å². The van der Waals surface area contributed by atoms with E-state index in [-0.39, 0.29) is 19.1 Å². The van der Waals surface area contributed by atoms with Crippen molar-refractivity contribution < 1.29 is 9.59 Å². The zero-order chi connectivity index (χ0) is 22.3. The summed E-state index contributed by atoms with van der Waals surface area (Å²) in [5.74, 6) is -1.06. The molecule has 3 heterocycles. The number of nitrogens with zero attached hydrogens (tertiary/aromatic N) is 4. The molecule has 2 amide bonds. The van der Waals surface area contributed by atoms with Crippen molar-refractivity contribution in [2.75, 3.05) is 26.2 Å². The van der Waals surface area contributed by atoms with E-state index in [9.17, 15) is 20.1 Å². The predicted octanol–water partition coefficient (Wildman–Crippen LogP) is 2.06. The fraction of sp³-hybridized carbons (Fsp3) is 0.583. The van der Waals surface area contributed by atoms with Crippen LogP contribution in [0.2, 0.25) is 0 Å². The number of imide groups is 1. The molecule has 7 nitrogen and oxygen atoms in total. The van der Waals surface area contributed by atoms with Crippen LogP contribution in [0.3, 0.4) is 0 Å². The molecule has 4 rings (SSSR count). The molecule has 3 fully saturated rings. The van der Waals surface area contributed by atoms with Crippen LogP contribution in [0.4, 0.5) is 0 Å². The van der Waals surface area contributed by atoms with Crippen LogP contribution in [0, 0.1) is 38.9 Å². The summed E-state index contributed by atoms with van der Waals surface area (Å²) in [6, 6.07) is 14.9. The van der Waals surface area contributed by atoms with E-state index in [1.807, 2.05) is 36.9 Å². The minimum Gasteiger partial charge on any atom is -0.299 e. The highest BCUT2D eigenvalue weighted by Gasteiger charge is 2.76. The van der Waals surface area contributed by atoms with Crippen LogP contribution >= 0.6 is 0 Å². The molecule has 7 heteroatoms. The Labute approximate surface area is 183 Å². The van der Waals surface area contributed by atoms with Crippen LogP contribution in [0.5, 0.6) is 0 Å². The van der Waals surface area contributed by atoms with Gasteiger partial charge in [-0.1, -0.05) is 37.3 Å². The van der Waals surface area contributed by atoms with Crippen molar-refractivity contribution in [3.63, 3.8) is 0 Å². The van der Waals surface area contributed by atoms with Gasteiger partial charge in [0, 0.05) is 31.1 Å². The molecule has 0 aliphatic carbocycles. The second kappa shape index (κ2) is 7.75. The van der Waals surface area contributed by atoms with E-state index in [4.69, 9.17) is 0 Å². The summed E-state index contributed by atoms with van der Waals surface area (Å²) in [5, 5.41) is 23.2. The number of nitrogens with one attached hydrogen (secondary N) is 1. The topological polar surface area (TPSA) is 100 Å². The van der Waals surface area contributed by atoms with Gasteiger partial charge in [0.05, 0.1) is 12.1 Å². The monoisotopic (exact) mass is 419 g/mol. The van der Waals surface area contributed by atoms with Crippen molar-refractivity contribution in [3.05, 3.63) is 35.9 Å². The van der Waals surface area contributed by atoms with E-state index >= 15 is 0 Å². The van der Waals surface area contributed by atoms with Gasteiger partial charge >= 0.3 is 0 Å². The maximum Gasteiger partial charge on any atom is 0.249 e. The first kappa shape index (κ1) is 21.5. The number of carbonyl (C=O) groups is 2. The molecule has 3 atom stereocenters. The van der Waals surface area contributed by atoms with Gasteiger partial charge in [0.1, 0.15) is 0 Å². The molecule has 3 unspecified atom stereocenters. The van der Waals surface area contributed by atoms with Gasteiger partial charge in [-0.25, -0.2) is 0 Å². The van der Waals surface area contributed by atoms with Crippen LogP contribution in [0.1, 0.15) is 38.7 Å². The molecule has 2 bridgehead atoms. The normalized spacial score (nSPS) is 31.5. The summed E-state index contributed by atoms with van der Waals surface area (Å²) < 4.78 is 0. The summed E-state index contributed by atoms with van der Waals surface area (Å²) in [5.41, 5.74) is -2.59. The third kappa shape index (κ3) is 2.91. The largest absolute Gasteiger partial charge is 0.299 e. The van der Waals surface area contributed by atoms with Crippen molar-refractivity contribution in [2.24, 2.45) is 16.2 Å². The molecule has 162 valence electrons. The number of nitriles is 2. The van der Waals surface area contributed by atoms with Crippen molar-refractivity contribution in [2.45, 2.75) is 45.7 Å². The molecular weight excluding hydrogens is 390 g/mol. The predicted molar refractivity (Wildman–Crippen MR) is 114 cm³/mol. The lowest BCUT2D eigenvalue weighted by Crippen LogP contribution is -2.79. The molecule has 3 aliphatic heterocycles. The first-order valence-electron chi connectivity index (χ1n) is 11.1. The summed E-state index contributed by atoms with van der Waals surface area (Å²) in [7, 11) is 0. The number of rotatable bonds is 4. The quantitative estimate of drug-likeness (QED) is 0.750. The van der Waals surface area contributed by atoms with Crippen molar-refractivity contribution in [1.29, 1.82) is 10.5 Å². The van der Waals surface area contributed by atoms with E-state index in [1.54, 1.807) is 0 Å². The maximum absolute atomic E-state index is 13.2. The second-order valence-corrected chi connectivity index (χ2v) is 9.32. The number of benzene rings is 1. The van der Waals surface area contributed by atoms with E-state index in [0.717, 1.165) is 13.0 Å². The van der Waals surface area contributed by atoms with Crippen LogP contribution in [0.15, 0.2) is 30.3 Å². The van der Waals surface area contributed by atoms with Gasteiger partial charge < -0.3 is 0 Å². The van der Waals surface area contributed by atoms with E-state index < -0.39 is 28.1 Å². The average molecular weight is 420 g/mol. The lowest BCUT2D eigenvalue weighted by molar-refractivity contribution is -0.190. The standard InChI is InChI=1S/C24H29N5O2/c1-3-18(2)29-16-22(14-25)20(30)27-21(31)23(15-26,17-29)24(22)9-11-28(12-10-24)13-19-7-5-4-6-8-19/h4-8,18H,3,9-13,16-17H2,1-2H3,(H,27,30,31). The summed E-state index contributed by atoms with van der Waals surface area (Å²) >= 11 is 0. The lowest BCUT2D eigenvalue weighted by Gasteiger charge is -2.64. The smallest absolute Gasteiger partial charge is 0.249 e. The van der Waals surface area contributed by atoms with Crippen molar-refractivity contribution in [3.8, 4) is 12.1 Å². The minimum absolute atomic E-state index is 0.0784. The first-order valence-corrected chi connectivity index (χ1v) is 11.1. The van der Waals surface area contributed by atoms with Crippen molar-refractivity contribution >= 4 is 11.8 Å². The Kier molecular flexibility index (Phi) is 5.37. The van der Waals surface area contributed by atoms with E-state index in [1.165, 1.54) is 5.56 Å². The fourth-order valence-electron chi connectivity index (χ4n) is 5.97. The molecule has 1 aromatic carbocycles. The molecule has 1 N–H and O–H groups in total. The van der Waals surface area contributed by atoms with Crippen LogP contribution in [-0.2, 0) is 16.1 Å². The lowest BCUT2D eigenvalue weighted by atomic mass is 9.43. The molecule has 31 heavy (non-hydrogen) atoms. The van der Waals surface area contributed by atoms with Gasteiger partial charge in [-0.2, -0.15) is 10.5 Å². The number of hydrogen-bond acceptors (Lipinski definition) is 6. The second-order valence-electron chi connectivity index (χ2n) is 9.32. The molecule has 0 aromatic heterocycles. The Morgan fingerprint density at radius 3 is 2.06 bits per heavy atom. The number of hydrogen-bond donors (Lipinski definition) is 1. The number of likely N-dealkylation sites (tertiary alicyclic amines) is 2. The number of amides is 2. The van der Waals surface area contributed by atoms with Crippen LogP contribution in [-0.4, -0.2) is 53.8 Å². The van der Waals surface area contributed by atoms with Gasteiger partial charge in [-0.3, -0.25) is 24.7 Å². The van der Waals surface area contributed by atoms with Crippen molar-refractivity contribution in [1.82, 2.24) is 15.1 Å². The highest BCUT2D eigenvalue weighted by atomic mass is 16.2. The molecule has 1 aromatic rings. The number of piperidine rings is 3. The average Bonchev–Trinajstić information content (AvgIpc) is 2.79. The van der Waals surface area contributed by atoms with Gasteiger partial charge in [0.25, 0.3) is 0 Å². The molecule has 1 spiro atoms. The van der Waals surface area contributed by atoms with Crippen LogP contribution in [0.25, 0.3) is 0 Å². The Morgan fingerprint density at radius 2 is 1.58 bits per heavy atom. The minimum atomic E-state index is -1.41.